The van der Waals surface area contributed by atoms with Gasteiger partial charge in [-0.15, -0.1) is 0 Å². The number of aliphatic hydroxyl groups is 5. The fourth-order valence-corrected chi connectivity index (χ4v) is 7.97. The third-order valence-electron chi connectivity index (χ3n) is 12.1. The molecule has 0 aliphatic carbocycles. The van der Waals surface area contributed by atoms with Crippen molar-refractivity contribution >= 4 is 5.91 Å². The molecule has 9 heteroatoms. The Labute approximate surface area is 380 Å². The minimum Gasteiger partial charge on any atom is -0.394 e. The predicted molar refractivity (Wildman–Crippen MR) is 258 cm³/mol. The topological polar surface area (TPSA) is 149 Å². The van der Waals surface area contributed by atoms with E-state index in [9.17, 15) is 30.3 Å². The fourth-order valence-electron chi connectivity index (χ4n) is 7.97. The Balaban J connectivity index is 2.22. The molecule has 9 nitrogen and oxygen atoms in total. The number of carbonyl (C=O) groups excluding carboxylic acids is 1. The molecule has 1 saturated heterocycles. The van der Waals surface area contributed by atoms with Crippen LogP contribution in [0.3, 0.4) is 0 Å². The number of carbonyl (C=O) groups is 1. The van der Waals surface area contributed by atoms with Gasteiger partial charge in [0.15, 0.2) is 6.29 Å². The Morgan fingerprint density at radius 1 is 0.548 bits per heavy atom. The number of nitrogens with one attached hydrogen (secondary N) is 1. The van der Waals surface area contributed by atoms with Gasteiger partial charge in [-0.2, -0.15) is 0 Å². The van der Waals surface area contributed by atoms with Gasteiger partial charge in [0.05, 0.1) is 25.4 Å². The molecule has 0 spiro atoms. The maximum Gasteiger partial charge on any atom is 0.220 e. The molecule has 0 aromatic rings. The van der Waals surface area contributed by atoms with E-state index in [1.807, 2.05) is 6.08 Å². The normalized spacial score (nSPS) is 20.7. The molecule has 0 bridgehead atoms. The number of hydrogen-bond acceptors (Lipinski definition) is 8. The lowest BCUT2D eigenvalue weighted by Gasteiger charge is -2.40. The lowest BCUT2D eigenvalue weighted by atomic mass is 9.99. The molecule has 0 saturated carbocycles. The summed E-state index contributed by atoms with van der Waals surface area (Å²) in [7, 11) is 0. The molecule has 1 rings (SSSR count). The molecular formula is C53H97NO8. The van der Waals surface area contributed by atoms with Crippen LogP contribution in [-0.2, 0) is 14.3 Å². The summed E-state index contributed by atoms with van der Waals surface area (Å²) in [6.45, 7) is 3.74. The third-order valence-corrected chi connectivity index (χ3v) is 12.1. The average molecular weight is 876 g/mol. The third kappa shape index (κ3) is 32.8. The van der Waals surface area contributed by atoms with E-state index in [1.54, 1.807) is 6.08 Å². The van der Waals surface area contributed by atoms with Crippen molar-refractivity contribution in [3.63, 3.8) is 0 Å². The van der Waals surface area contributed by atoms with Crippen LogP contribution in [0.25, 0.3) is 0 Å². The van der Waals surface area contributed by atoms with Gasteiger partial charge in [-0.3, -0.25) is 4.79 Å². The van der Waals surface area contributed by atoms with Crippen LogP contribution in [0.4, 0.5) is 0 Å². The Bertz CT molecular complexity index is 1110. The van der Waals surface area contributed by atoms with Crippen LogP contribution >= 0.6 is 0 Å². The number of unbranched alkanes of at least 4 members (excludes halogenated alkanes) is 27. The summed E-state index contributed by atoms with van der Waals surface area (Å²) in [6.07, 6.45) is 48.9. The van der Waals surface area contributed by atoms with Crippen molar-refractivity contribution in [2.45, 2.75) is 269 Å². The summed E-state index contributed by atoms with van der Waals surface area (Å²) in [5.74, 6) is -0.190. The Hall–Kier alpha value is -1.85. The monoisotopic (exact) mass is 876 g/mol. The van der Waals surface area contributed by atoms with Gasteiger partial charge < -0.3 is 40.3 Å². The van der Waals surface area contributed by atoms with Crippen LogP contribution in [0, 0.1) is 0 Å². The highest BCUT2D eigenvalue weighted by molar-refractivity contribution is 5.76. The first-order valence-corrected chi connectivity index (χ1v) is 25.9. The zero-order valence-electron chi connectivity index (χ0n) is 39.9. The summed E-state index contributed by atoms with van der Waals surface area (Å²) in [6, 6.07) is -0.822. The van der Waals surface area contributed by atoms with Crippen molar-refractivity contribution in [2.24, 2.45) is 0 Å². The van der Waals surface area contributed by atoms with Gasteiger partial charge in [-0.25, -0.2) is 0 Å². The van der Waals surface area contributed by atoms with Gasteiger partial charge >= 0.3 is 0 Å². The molecule has 7 unspecified atom stereocenters. The van der Waals surface area contributed by atoms with Gasteiger partial charge in [0.2, 0.25) is 5.91 Å². The Kier molecular flexibility index (Phi) is 40.4. The molecule has 6 N–H and O–H groups in total. The minimum atomic E-state index is -1.57. The largest absolute Gasteiger partial charge is 0.394 e. The van der Waals surface area contributed by atoms with Crippen LogP contribution in [-0.4, -0.2) is 87.5 Å². The van der Waals surface area contributed by atoms with Gasteiger partial charge in [-0.1, -0.05) is 204 Å². The minimum absolute atomic E-state index is 0.190. The second-order valence-electron chi connectivity index (χ2n) is 18.0. The zero-order valence-corrected chi connectivity index (χ0v) is 39.9. The summed E-state index contributed by atoms with van der Waals surface area (Å²) in [5, 5.41) is 54.2. The number of hydrogen-bond donors (Lipinski definition) is 6. The highest BCUT2D eigenvalue weighted by atomic mass is 16.7. The van der Waals surface area contributed by atoms with Crippen molar-refractivity contribution < 1.29 is 39.8 Å². The molecule has 1 aliphatic heterocycles. The SMILES string of the molecule is CCCCCCCC/C=C/CC/C=C/C(O)C(COC1OC(CO)C(O)C(O)C1O)NC(=O)CCCCCCCCCCCCC/C=C\C/C=C\CCCCCCCCCCC. The first-order valence-electron chi connectivity index (χ1n) is 25.9. The van der Waals surface area contributed by atoms with E-state index in [-0.39, 0.29) is 12.5 Å². The highest BCUT2D eigenvalue weighted by Gasteiger charge is 2.44. The highest BCUT2D eigenvalue weighted by Crippen LogP contribution is 2.23. The number of allylic oxidation sites excluding steroid dienone is 7. The van der Waals surface area contributed by atoms with E-state index >= 15 is 0 Å². The molecule has 0 radical (unpaired) electrons. The number of ether oxygens (including phenoxy) is 2. The van der Waals surface area contributed by atoms with Crippen molar-refractivity contribution in [2.75, 3.05) is 13.2 Å². The van der Waals surface area contributed by atoms with Crippen molar-refractivity contribution in [1.82, 2.24) is 5.32 Å². The van der Waals surface area contributed by atoms with Gasteiger partial charge in [0.1, 0.15) is 24.4 Å². The second-order valence-corrected chi connectivity index (χ2v) is 18.0. The van der Waals surface area contributed by atoms with E-state index < -0.39 is 49.5 Å². The van der Waals surface area contributed by atoms with Crippen LogP contribution < -0.4 is 5.32 Å². The van der Waals surface area contributed by atoms with E-state index in [0.29, 0.717) is 6.42 Å². The van der Waals surface area contributed by atoms with Gasteiger partial charge in [-0.05, 0) is 64.2 Å². The summed E-state index contributed by atoms with van der Waals surface area (Å²) < 4.78 is 11.2. The van der Waals surface area contributed by atoms with E-state index in [1.165, 1.54) is 161 Å². The van der Waals surface area contributed by atoms with E-state index in [0.717, 1.165) is 44.9 Å². The summed E-state index contributed by atoms with van der Waals surface area (Å²) in [5.41, 5.74) is 0. The average Bonchev–Trinajstić information content (AvgIpc) is 3.27. The quantitative estimate of drug-likeness (QED) is 0.0262. The lowest BCUT2D eigenvalue weighted by Crippen LogP contribution is -2.60. The first-order chi connectivity index (χ1) is 30.3. The molecule has 1 fully saturated rings. The molecule has 362 valence electrons. The first kappa shape index (κ1) is 58.2. The van der Waals surface area contributed by atoms with Crippen molar-refractivity contribution in [3.8, 4) is 0 Å². The molecule has 1 aliphatic rings. The second kappa shape index (κ2) is 43.1. The number of rotatable bonds is 43. The van der Waals surface area contributed by atoms with Crippen molar-refractivity contribution in [3.05, 3.63) is 48.6 Å². The van der Waals surface area contributed by atoms with Crippen LogP contribution in [0.15, 0.2) is 48.6 Å². The number of amides is 1. The maximum absolute atomic E-state index is 13.0. The van der Waals surface area contributed by atoms with Gasteiger partial charge in [0.25, 0.3) is 0 Å². The van der Waals surface area contributed by atoms with Crippen LogP contribution in [0.2, 0.25) is 0 Å². The molecule has 7 atom stereocenters. The lowest BCUT2D eigenvalue weighted by molar-refractivity contribution is -0.302. The molecule has 1 amide bonds. The fraction of sp³-hybridized carbons (Fsp3) is 0.830. The van der Waals surface area contributed by atoms with E-state index in [2.05, 4.69) is 55.6 Å². The Morgan fingerprint density at radius 3 is 1.45 bits per heavy atom. The molecular weight excluding hydrogens is 779 g/mol. The predicted octanol–water partition coefficient (Wildman–Crippen LogP) is 11.8. The number of aliphatic hydroxyl groups excluding tert-OH is 5. The molecule has 0 aromatic heterocycles. The molecule has 1 heterocycles. The van der Waals surface area contributed by atoms with Crippen LogP contribution in [0.5, 0.6) is 0 Å². The smallest absolute Gasteiger partial charge is 0.220 e. The molecule has 62 heavy (non-hydrogen) atoms. The van der Waals surface area contributed by atoms with Crippen molar-refractivity contribution in [1.29, 1.82) is 0 Å². The summed E-state index contributed by atoms with van der Waals surface area (Å²) >= 11 is 0. The maximum atomic E-state index is 13.0. The van der Waals surface area contributed by atoms with Gasteiger partial charge in [0, 0.05) is 6.42 Å². The Morgan fingerprint density at radius 2 is 0.968 bits per heavy atom. The molecule has 0 aromatic carbocycles. The van der Waals surface area contributed by atoms with E-state index in [4.69, 9.17) is 9.47 Å². The standard InChI is InChI=1S/C53H97NO8/c1-3-5-7-9-11-13-15-17-18-19-20-21-22-23-24-25-26-27-28-29-30-31-33-35-37-39-41-43-49(57)54-46(45-61-53-52(60)51(59)50(58)48(44-55)62-53)47(56)42-40-38-36-34-32-16-14-12-10-8-6-4-2/h20-21,23-24,32,34,40,42,46-48,50-53,55-56,58-60H,3-19,22,25-31,33,35-39,41,43-45H2,1-2H3,(H,54,57)/b21-20-,24-23-,34-32+,42-40+. The van der Waals surface area contributed by atoms with Crippen LogP contribution in [0.1, 0.15) is 226 Å². The zero-order chi connectivity index (χ0) is 45.1. The summed E-state index contributed by atoms with van der Waals surface area (Å²) in [4.78, 5) is 13.0.